The second kappa shape index (κ2) is 7.44. The number of aliphatic hydroxyl groups is 1. The number of carboxylic acid groups (broad SMARTS) is 1. The van der Waals surface area contributed by atoms with Crippen molar-refractivity contribution in [2.24, 2.45) is 0 Å². The summed E-state index contributed by atoms with van der Waals surface area (Å²) in [5.41, 5.74) is 0. The lowest BCUT2D eigenvalue weighted by Gasteiger charge is -2.22. The van der Waals surface area contributed by atoms with Crippen molar-refractivity contribution < 1.29 is 24.6 Å². The van der Waals surface area contributed by atoms with Crippen LogP contribution in [-0.4, -0.2) is 65.8 Å². The summed E-state index contributed by atoms with van der Waals surface area (Å²) >= 11 is 0. The van der Waals surface area contributed by atoms with Crippen LogP contribution < -0.4 is 10.6 Å². The summed E-state index contributed by atoms with van der Waals surface area (Å²) in [7, 11) is 1.43. The van der Waals surface area contributed by atoms with Gasteiger partial charge >= 0.3 is 12.0 Å². The highest BCUT2D eigenvalue weighted by atomic mass is 16.4. The van der Waals surface area contributed by atoms with Gasteiger partial charge < -0.3 is 25.7 Å². The highest BCUT2D eigenvalue weighted by molar-refractivity contribution is 5.86. The van der Waals surface area contributed by atoms with E-state index >= 15 is 0 Å². The minimum absolute atomic E-state index is 0.170. The van der Waals surface area contributed by atoms with Crippen LogP contribution in [0.1, 0.15) is 6.92 Å². The molecule has 0 aliphatic carbocycles. The number of hydrogen-bond acceptors (Lipinski definition) is 4. The van der Waals surface area contributed by atoms with Gasteiger partial charge in [0.2, 0.25) is 5.91 Å². The fraction of sp³-hybridized carbons (Fsp3) is 0.667. The van der Waals surface area contributed by atoms with E-state index in [1.54, 1.807) is 6.92 Å². The second-order valence-electron chi connectivity index (χ2n) is 3.21. The van der Waals surface area contributed by atoms with Crippen LogP contribution in [0.5, 0.6) is 0 Å². The third kappa shape index (κ3) is 5.16. The Balaban J connectivity index is 4.43. The Morgan fingerprint density at radius 1 is 1.35 bits per heavy atom. The van der Waals surface area contributed by atoms with Gasteiger partial charge in [-0.2, -0.15) is 0 Å². The Bertz CT molecular complexity index is 294. The van der Waals surface area contributed by atoms with Gasteiger partial charge in [-0.1, -0.05) is 0 Å². The molecule has 3 amide bonds. The first-order chi connectivity index (χ1) is 7.96. The third-order valence-electron chi connectivity index (χ3n) is 2.06. The fourth-order valence-corrected chi connectivity index (χ4v) is 1.01. The first-order valence-corrected chi connectivity index (χ1v) is 5.05. The number of rotatable bonds is 6. The van der Waals surface area contributed by atoms with Gasteiger partial charge in [0, 0.05) is 13.6 Å². The molecule has 0 bridgehead atoms. The number of nitrogens with zero attached hydrogens (tertiary/aromatic N) is 1. The highest BCUT2D eigenvalue weighted by Crippen LogP contribution is 1.92. The molecule has 0 spiro atoms. The maximum atomic E-state index is 11.6. The summed E-state index contributed by atoms with van der Waals surface area (Å²) in [4.78, 5) is 34.3. The van der Waals surface area contributed by atoms with Crippen LogP contribution in [0.3, 0.4) is 0 Å². The maximum absolute atomic E-state index is 11.6. The third-order valence-corrected chi connectivity index (χ3v) is 2.06. The molecule has 0 rings (SSSR count). The summed E-state index contributed by atoms with van der Waals surface area (Å²) in [6.45, 7) is 1.02. The van der Waals surface area contributed by atoms with Gasteiger partial charge in [-0.05, 0) is 6.92 Å². The molecule has 0 saturated heterocycles. The van der Waals surface area contributed by atoms with Gasteiger partial charge in [-0.25, -0.2) is 9.59 Å². The topological polar surface area (TPSA) is 119 Å². The first kappa shape index (κ1) is 15.2. The van der Waals surface area contributed by atoms with Gasteiger partial charge in [-0.3, -0.25) is 4.79 Å². The van der Waals surface area contributed by atoms with Crippen LogP contribution >= 0.6 is 0 Å². The van der Waals surface area contributed by atoms with E-state index in [4.69, 9.17) is 10.2 Å². The van der Waals surface area contributed by atoms with Gasteiger partial charge in [0.25, 0.3) is 0 Å². The fourth-order valence-electron chi connectivity index (χ4n) is 1.01. The Hall–Kier alpha value is -1.83. The van der Waals surface area contributed by atoms with Crippen LogP contribution in [0, 0.1) is 0 Å². The molecule has 17 heavy (non-hydrogen) atoms. The lowest BCUT2D eigenvalue weighted by Crippen LogP contribution is -2.51. The predicted molar refractivity (Wildman–Crippen MR) is 58.4 cm³/mol. The van der Waals surface area contributed by atoms with E-state index in [2.05, 4.69) is 10.6 Å². The van der Waals surface area contributed by atoms with Gasteiger partial charge in [0.05, 0.1) is 6.61 Å². The number of carbonyl (C=O) groups excluding carboxylic acids is 2. The van der Waals surface area contributed by atoms with Crippen molar-refractivity contribution in [2.75, 3.05) is 26.7 Å². The van der Waals surface area contributed by atoms with E-state index < -0.39 is 24.6 Å². The molecule has 0 aromatic rings. The number of nitrogens with one attached hydrogen (secondary N) is 2. The predicted octanol–water partition coefficient (Wildman–Crippen LogP) is -1.79. The van der Waals surface area contributed by atoms with Crippen LogP contribution in [0.4, 0.5) is 4.79 Å². The van der Waals surface area contributed by atoms with E-state index in [1.165, 1.54) is 7.05 Å². The minimum atomic E-state index is -1.37. The van der Waals surface area contributed by atoms with E-state index in [9.17, 15) is 14.4 Å². The normalized spacial score (nSPS) is 11.5. The molecule has 98 valence electrons. The van der Waals surface area contributed by atoms with E-state index in [-0.39, 0.29) is 19.0 Å². The molecule has 8 nitrogen and oxygen atoms in total. The number of carboxylic acids is 1. The van der Waals surface area contributed by atoms with Crippen molar-refractivity contribution in [1.82, 2.24) is 15.5 Å². The van der Waals surface area contributed by atoms with Gasteiger partial charge in [-0.15, -0.1) is 0 Å². The molecule has 8 heteroatoms. The molecule has 0 aromatic heterocycles. The van der Waals surface area contributed by atoms with E-state index in [0.29, 0.717) is 0 Å². The Morgan fingerprint density at radius 3 is 2.29 bits per heavy atom. The zero-order valence-corrected chi connectivity index (χ0v) is 9.77. The highest BCUT2D eigenvalue weighted by Gasteiger charge is 2.22. The van der Waals surface area contributed by atoms with Crippen molar-refractivity contribution in [3.8, 4) is 0 Å². The largest absolute Gasteiger partial charge is 0.480 e. The standard InChI is InChI=1S/C9H17N3O5/c1-3-12(4-7(14)10-2)9(17)11-6(5-13)8(15)16/h6,13H,3-5H2,1-2H3,(H,10,14)(H,11,17)(H,15,16)/t6-/m0/s1. The van der Waals surface area contributed by atoms with Crippen LogP contribution in [-0.2, 0) is 9.59 Å². The van der Waals surface area contributed by atoms with Crippen molar-refractivity contribution in [3.05, 3.63) is 0 Å². The second-order valence-corrected chi connectivity index (χ2v) is 3.21. The average molecular weight is 247 g/mol. The van der Waals surface area contributed by atoms with Crippen LogP contribution in [0.15, 0.2) is 0 Å². The SMILES string of the molecule is CCN(CC(=O)NC)C(=O)N[C@@H](CO)C(=O)O. The first-order valence-electron chi connectivity index (χ1n) is 5.05. The number of likely N-dealkylation sites (N-methyl/N-ethyl adjacent to an activating group) is 2. The zero-order valence-electron chi connectivity index (χ0n) is 9.77. The molecule has 4 N–H and O–H groups in total. The summed E-state index contributed by atoms with van der Waals surface area (Å²) in [6.07, 6.45) is 0. The van der Waals surface area contributed by atoms with Gasteiger partial charge in [0.15, 0.2) is 6.04 Å². The molecule has 0 radical (unpaired) electrons. The van der Waals surface area contributed by atoms with Crippen LogP contribution in [0.2, 0.25) is 0 Å². The van der Waals surface area contributed by atoms with E-state index in [0.717, 1.165) is 4.90 Å². The molecular formula is C9H17N3O5. The number of aliphatic hydroxyl groups excluding tert-OH is 1. The molecule has 0 fully saturated rings. The molecule has 0 saturated carbocycles. The summed E-state index contributed by atoms with van der Waals surface area (Å²) in [5.74, 6) is -1.70. The lowest BCUT2D eigenvalue weighted by atomic mass is 10.3. The lowest BCUT2D eigenvalue weighted by molar-refractivity contribution is -0.140. The molecule has 0 aliphatic rings. The Morgan fingerprint density at radius 2 is 1.94 bits per heavy atom. The number of amides is 3. The van der Waals surface area contributed by atoms with E-state index in [1.807, 2.05) is 0 Å². The number of urea groups is 1. The van der Waals surface area contributed by atoms with Crippen molar-refractivity contribution in [1.29, 1.82) is 0 Å². The smallest absolute Gasteiger partial charge is 0.328 e. The molecule has 0 heterocycles. The van der Waals surface area contributed by atoms with Crippen molar-refractivity contribution in [3.63, 3.8) is 0 Å². The monoisotopic (exact) mass is 247 g/mol. The summed E-state index contributed by atoms with van der Waals surface area (Å²) in [6, 6.07) is -2.08. The Kier molecular flexibility index (Phi) is 6.64. The van der Waals surface area contributed by atoms with Crippen molar-refractivity contribution >= 4 is 17.9 Å². The summed E-state index contributed by atoms with van der Waals surface area (Å²) in [5, 5.41) is 21.8. The molecule has 1 atom stereocenters. The molecular weight excluding hydrogens is 230 g/mol. The zero-order chi connectivity index (χ0) is 13.4. The van der Waals surface area contributed by atoms with Crippen LogP contribution in [0.25, 0.3) is 0 Å². The number of carbonyl (C=O) groups is 3. The molecule has 0 aliphatic heterocycles. The Labute approximate surface area is 98.6 Å². The number of aliphatic carboxylic acids is 1. The average Bonchev–Trinajstić information content (AvgIpc) is 2.31. The maximum Gasteiger partial charge on any atom is 0.328 e. The molecule has 0 aromatic carbocycles. The van der Waals surface area contributed by atoms with Crippen molar-refractivity contribution in [2.45, 2.75) is 13.0 Å². The van der Waals surface area contributed by atoms with Gasteiger partial charge in [0.1, 0.15) is 6.54 Å². The molecule has 0 unspecified atom stereocenters. The minimum Gasteiger partial charge on any atom is -0.480 e. The summed E-state index contributed by atoms with van der Waals surface area (Å²) < 4.78 is 0. The quantitative estimate of drug-likeness (QED) is 0.442. The number of hydrogen-bond donors (Lipinski definition) is 4.